The summed E-state index contributed by atoms with van der Waals surface area (Å²) in [4.78, 5) is 19.8. The fraction of sp³-hybridized carbons (Fsp3) is 0.438. The molecule has 2 amide bonds. The van der Waals surface area contributed by atoms with Crippen molar-refractivity contribution in [2.45, 2.75) is 13.0 Å². The molecule has 1 saturated heterocycles. The van der Waals surface area contributed by atoms with Crippen molar-refractivity contribution in [3.05, 3.63) is 42.4 Å². The highest BCUT2D eigenvalue weighted by molar-refractivity contribution is 5.74. The van der Waals surface area contributed by atoms with Gasteiger partial charge in [-0.1, -0.05) is 0 Å². The lowest BCUT2D eigenvalue weighted by molar-refractivity contribution is 0.0636. The Morgan fingerprint density at radius 2 is 2.04 bits per heavy atom. The normalized spacial score (nSPS) is 15.6. The molecule has 0 saturated carbocycles. The molecule has 134 valence electrons. The maximum absolute atomic E-state index is 12.4. The minimum atomic E-state index is -2.34. The van der Waals surface area contributed by atoms with Crippen LogP contribution >= 0.6 is 0 Å². The van der Waals surface area contributed by atoms with Crippen LogP contribution in [0.3, 0.4) is 0 Å². The molecular weight excluding hydrogens is 330 g/mol. The van der Waals surface area contributed by atoms with Crippen LogP contribution in [-0.4, -0.2) is 69.7 Å². The van der Waals surface area contributed by atoms with Gasteiger partial charge in [-0.2, -0.15) is 5.10 Å². The minimum absolute atomic E-state index is 0.186. The Balaban J connectivity index is 1.49. The number of carbonyl (C=O) groups excluding carboxylic acids is 1. The molecular formula is C16H20F2N6O. The van der Waals surface area contributed by atoms with Gasteiger partial charge in [0.2, 0.25) is 0 Å². The predicted molar refractivity (Wildman–Crippen MR) is 87.6 cm³/mol. The second-order valence-corrected chi connectivity index (χ2v) is 5.81. The molecule has 0 bridgehead atoms. The number of halogens is 2. The van der Waals surface area contributed by atoms with Crippen molar-refractivity contribution in [1.82, 2.24) is 29.9 Å². The molecule has 2 aromatic heterocycles. The van der Waals surface area contributed by atoms with E-state index >= 15 is 0 Å². The van der Waals surface area contributed by atoms with E-state index in [0.29, 0.717) is 38.5 Å². The molecule has 1 fully saturated rings. The van der Waals surface area contributed by atoms with E-state index < -0.39 is 6.43 Å². The van der Waals surface area contributed by atoms with Crippen LogP contribution in [0.1, 0.15) is 5.56 Å². The standard InChI is InChI=1S/C16H20F2N6O/c17-14(18)12-22-6-8-23(9-7-22)16(25)20-11-13-2-4-19-15(10-13)24-5-1-3-21-24/h1-5,10,14H,6-9,11-12H2,(H,20,25). The van der Waals surface area contributed by atoms with Crippen molar-refractivity contribution in [3.63, 3.8) is 0 Å². The van der Waals surface area contributed by atoms with E-state index in [9.17, 15) is 13.6 Å². The molecule has 0 spiro atoms. The first-order valence-corrected chi connectivity index (χ1v) is 8.10. The summed E-state index contributed by atoms with van der Waals surface area (Å²) in [5.41, 5.74) is 0.908. The Kier molecular flexibility index (Phi) is 5.54. The monoisotopic (exact) mass is 350 g/mol. The average Bonchev–Trinajstić information content (AvgIpc) is 3.15. The molecule has 9 heteroatoms. The summed E-state index contributed by atoms with van der Waals surface area (Å²) in [7, 11) is 0. The van der Waals surface area contributed by atoms with E-state index in [1.807, 2.05) is 18.2 Å². The Hall–Kier alpha value is -2.55. The van der Waals surface area contributed by atoms with Crippen molar-refractivity contribution < 1.29 is 13.6 Å². The third kappa shape index (κ3) is 4.72. The Morgan fingerprint density at radius 3 is 2.72 bits per heavy atom. The summed E-state index contributed by atoms with van der Waals surface area (Å²) in [5.74, 6) is 0.678. The van der Waals surface area contributed by atoms with E-state index in [0.717, 1.165) is 5.56 Å². The summed E-state index contributed by atoms with van der Waals surface area (Å²) in [6, 6.07) is 5.31. The maximum Gasteiger partial charge on any atom is 0.317 e. The first kappa shape index (κ1) is 17.3. The zero-order valence-electron chi connectivity index (χ0n) is 13.7. The molecule has 7 nitrogen and oxygen atoms in total. The molecule has 25 heavy (non-hydrogen) atoms. The molecule has 3 rings (SSSR count). The Bertz CT molecular complexity index is 686. The minimum Gasteiger partial charge on any atom is -0.334 e. The van der Waals surface area contributed by atoms with Gasteiger partial charge in [-0.3, -0.25) is 4.90 Å². The van der Waals surface area contributed by atoms with Crippen LogP contribution < -0.4 is 5.32 Å². The number of nitrogens with one attached hydrogen (secondary N) is 1. The number of urea groups is 1. The van der Waals surface area contributed by atoms with Gasteiger partial charge in [0.25, 0.3) is 6.43 Å². The Labute approximate surface area is 144 Å². The molecule has 1 N–H and O–H groups in total. The summed E-state index contributed by atoms with van der Waals surface area (Å²) >= 11 is 0. The largest absolute Gasteiger partial charge is 0.334 e. The zero-order valence-corrected chi connectivity index (χ0v) is 13.7. The van der Waals surface area contributed by atoms with Crippen LogP contribution in [0.25, 0.3) is 5.82 Å². The SMILES string of the molecule is O=C(NCc1ccnc(-n2cccn2)c1)N1CCN(CC(F)F)CC1. The third-order valence-electron chi connectivity index (χ3n) is 4.05. The summed E-state index contributed by atoms with van der Waals surface area (Å²) in [6.45, 7) is 1.98. The molecule has 1 aliphatic rings. The highest BCUT2D eigenvalue weighted by Crippen LogP contribution is 2.08. The molecule has 1 aliphatic heterocycles. The van der Waals surface area contributed by atoms with Crippen LogP contribution in [0.2, 0.25) is 0 Å². The topological polar surface area (TPSA) is 66.3 Å². The highest BCUT2D eigenvalue weighted by Gasteiger charge is 2.22. The van der Waals surface area contributed by atoms with Crippen LogP contribution in [0.15, 0.2) is 36.8 Å². The molecule has 0 aromatic carbocycles. The van der Waals surface area contributed by atoms with E-state index in [1.54, 1.807) is 33.1 Å². The number of hydrogen-bond acceptors (Lipinski definition) is 4. The van der Waals surface area contributed by atoms with Crippen molar-refractivity contribution >= 4 is 6.03 Å². The first-order chi connectivity index (χ1) is 12.1. The van der Waals surface area contributed by atoms with Gasteiger partial charge < -0.3 is 10.2 Å². The number of alkyl halides is 2. The van der Waals surface area contributed by atoms with Crippen molar-refractivity contribution in [2.75, 3.05) is 32.7 Å². The number of aromatic nitrogens is 3. The van der Waals surface area contributed by atoms with Crippen molar-refractivity contribution in [2.24, 2.45) is 0 Å². The molecule has 0 radical (unpaired) electrons. The molecule has 0 unspecified atom stereocenters. The molecule has 2 aromatic rings. The van der Waals surface area contributed by atoms with Gasteiger partial charge in [-0.15, -0.1) is 0 Å². The quantitative estimate of drug-likeness (QED) is 0.884. The summed E-state index contributed by atoms with van der Waals surface area (Å²) < 4.78 is 26.4. The van der Waals surface area contributed by atoms with Gasteiger partial charge in [0.05, 0.1) is 6.54 Å². The van der Waals surface area contributed by atoms with Gasteiger partial charge in [-0.25, -0.2) is 23.2 Å². The lowest BCUT2D eigenvalue weighted by atomic mass is 10.2. The van der Waals surface area contributed by atoms with Crippen LogP contribution in [0.4, 0.5) is 13.6 Å². The van der Waals surface area contributed by atoms with E-state index in [2.05, 4.69) is 15.4 Å². The molecule has 3 heterocycles. The van der Waals surface area contributed by atoms with E-state index in [-0.39, 0.29) is 12.6 Å². The van der Waals surface area contributed by atoms with Crippen molar-refractivity contribution in [1.29, 1.82) is 0 Å². The second-order valence-electron chi connectivity index (χ2n) is 5.81. The van der Waals surface area contributed by atoms with Crippen LogP contribution in [0.5, 0.6) is 0 Å². The number of hydrogen-bond donors (Lipinski definition) is 1. The second kappa shape index (κ2) is 8.02. The number of rotatable bonds is 5. The maximum atomic E-state index is 12.4. The first-order valence-electron chi connectivity index (χ1n) is 8.10. The molecule has 0 atom stereocenters. The van der Waals surface area contributed by atoms with Crippen LogP contribution in [0, 0.1) is 0 Å². The van der Waals surface area contributed by atoms with Crippen molar-refractivity contribution in [3.8, 4) is 5.82 Å². The Morgan fingerprint density at radius 1 is 1.24 bits per heavy atom. The number of pyridine rings is 1. The van der Waals surface area contributed by atoms with Gasteiger partial charge >= 0.3 is 6.03 Å². The fourth-order valence-electron chi connectivity index (χ4n) is 2.72. The van der Waals surface area contributed by atoms with Gasteiger partial charge in [0.15, 0.2) is 5.82 Å². The van der Waals surface area contributed by atoms with Crippen LogP contribution in [-0.2, 0) is 6.54 Å². The zero-order chi connectivity index (χ0) is 17.6. The molecule has 0 aliphatic carbocycles. The summed E-state index contributed by atoms with van der Waals surface area (Å²) in [6.07, 6.45) is 2.80. The lowest BCUT2D eigenvalue weighted by Crippen LogP contribution is -2.52. The number of amides is 2. The lowest BCUT2D eigenvalue weighted by Gasteiger charge is -2.34. The average molecular weight is 350 g/mol. The highest BCUT2D eigenvalue weighted by atomic mass is 19.3. The van der Waals surface area contributed by atoms with Gasteiger partial charge in [0.1, 0.15) is 0 Å². The number of nitrogens with zero attached hydrogens (tertiary/aromatic N) is 5. The summed E-state index contributed by atoms with van der Waals surface area (Å²) in [5, 5.41) is 6.98. The fourth-order valence-corrected chi connectivity index (χ4v) is 2.72. The number of carbonyl (C=O) groups is 1. The van der Waals surface area contributed by atoms with Gasteiger partial charge in [0, 0.05) is 51.3 Å². The van der Waals surface area contributed by atoms with Gasteiger partial charge in [-0.05, 0) is 23.8 Å². The van der Waals surface area contributed by atoms with E-state index in [4.69, 9.17) is 0 Å². The predicted octanol–water partition coefficient (Wildman–Crippen LogP) is 1.36. The third-order valence-corrected chi connectivity index (χ3v) is 4.05. The smallest absolute Gasteiger partial charge is 0.317 e. The van der Waals surface area contributed by atoms with E-state index in [1.165, 1.54) is 0 Å². The number of piperazine rings is 1.